The van der Waals surface area contributed by atoms with E-state index in [4.69, 9.17) is 9.47 Å². The predicted octanol–water partition coefficient (Wildman–Crippen LogP) is 8.45. The SMILES string of the molecule is Br.Cc1c(C(=O)N2CCN(Cc3ccc(OCC(F)(F)F)cc3)CC2)n(C)c2cc(Oc3ccc(N(C)C(=O)c4ccc(C(F)(F)F)cc4)cn3)ccc12. The normalized spacial score (nSPS) is 13.8. The largest absolute Gasteiger partial charge is 0.484 e. The number of amides is 2. The van der Waals surface area contributed by atoms with Crippen molar-refractivity contribution in [2.75, 3.05) is 44.7 Å². The molecule has 1 fully saturated rings. The van der Waals surface area contributed by atoms with Crippen molar-refractivity contribution in [3.63, 3.8) is 0 Å². The molecular weight excluding hydrogens is 784 g/mol. The van der Waals surface area contributed by atoms with Gasteiger partial charge in [-0.2, -0.15) is 26.3 Å². The quantitative estimate of drug-likeness (QED) is 0.139. The molecule has 2 amide bonds. The van der Waals surface area contributed by atoms with Crippen LogP contribution < -0.4 is 14.4 Å². The van der Waals surface area contributed by atoms with E-state index in [9.17, 15) is 35.9 Å². The number of nitrogens with zero attached hydrogens (tertiary/aromatic N) is 5. The number of hydrogen-bond acceptors (Lipinski definition) is 6. The van der Waals surface area contributed by atoms with Crippen LogP contribution in [0.25, 0.3) is 10.9 Å². The first-order chi connectivity index (χ1) is 25.1. The molecule has 3 aromatic carbocycles. The van der Waals surface area contributed by atoms with Gasteiger partial charge in [-0.15, -0.1) is 17.0 Å². The molecule has 0 aliphatic carbocycles. The van der Waals surface area contributed by atoms with E-state index in [-0.39, 0.29) is 40.1 Å². The molecule has 16 heteroatoms. The number of fused-ring (bicyclic) bond motifs is 1. The molecule has 1 aliphatic rings. The van der Waals surface area contributed by atoms with Crippen LogP contribution in [0.15, 0.2) is 85.1 Å². The van der Waals surface area contributed by atoms with Gasteiger partial charge in [-0.05, 0) is 72.6 Å². The van der Waals surface area contributed by atoms with Crippen LogP contribution in [0, 0.1) is 6.92 Å². The average Bonchev–Trinajstić information content (AvgIpc) is 3.38. The van der Waals surface area contributed by atoms with Crippen LogP contribution >= 0.6 is 17.0 Å². The van der Waals surface area contributed by atoms with Crippen molar-refractivity contribution in [1.29, 1.82) is 0 Å². The Morgan fingerprint density at radius 1 is 0.852 bits per heavy atom. The van der Waals surface area contributed by atoms with Crippen LogP contribution in [-0.2, 0) is 19.8 Å². The van der Waals surface area contributed by atoms with E-state index in [1.165, 1.54) is 30.3 Å². The van der Waals surface area contributed by atoms with E-state index >= 15 is 0 Å². The van der Waals surface area contributed by atoms with Gasteiger partial charge >= 0.3 is 12.4 Å². The van der Waals surface area contributed by atoms with Crippen LogP contribution in [0.1, 0.15) is 37.5 Å². The molecule has 6 rings (SSSR count). The van der Waals surface area contributed by atoms with Crippen molar-refractivity contribution >= 4 is 45.4 Å². The van der Waals surface area contributed by atoms with E-state index in [1.54, 1.807) is 30.3 Å². The molecule has 5 aromatic rings. The maximum absolute atomic E-state index is 13.8. The maximum Gasteiger partial charge on any atom is 0.422 e. The zero-order valence-corrected chi connectivity index (χ0v) is 31.1. The second-order valence-electron chi connectivity index (χ2n) is 12.7. The summed E-state index contributed by atoms with van der Waals surface area (Å²) in [6.07, 6.45) is -7.48. The third kappa shape index (κ3) is 9.16. The summed E-state index contributed by atoms with van der Waals surface area (Å²) in [5.41, 5.74) is 2.76. The van der Waals surface area contributed by atoms with E-state index in [1.807, 2.05) is 35.6 Å². The third-order valence-electron chi connectivity index (χ3n) is 9.11. The molecule has 1 saturated heterocycles. The van der Waals surface area contributed by atoms with E-state index in [0.29, 0.717) is 49.9 Å². The summed E-state index contributed by atoms with van der Waals surface area (Å²) in [6.45, 7) is 3.42. The Kier molecular flexibility index (Phi) is 12.0. The maximum atomic E-state index is 13.8. The van der Waals surface area contributed by atoms with Crippen LogP contribution in [0.5, 0.6) is 17.4 Å². The van der Waals surface area contributed by atoms with E-state index in [2.05, 4.69) is 9.88 Å². The number of halogens is 7. The zero-order valence-electron chi connectivity index (χ0n) is 29.4. The Balaban J connectivity index is 0.00000561. The minimum atomic E-state index is -4.50. The topological polar surface area (TPSA) is 80.1 Å². The van der Waals surface area contributed by atoms with Crippen molar-refractivity contribution in [2.24, 2.45) is 7.05 Å². The highest BCUT2D eigenvalue weighted by atomic mass is 79.9. The number of pyridine rings is 1. The first-order valence-electron chi connectivity index (χ1n) is 16.6. The molecule has 286 valence electrons. The lowest BCUT2D eigenvalue weighted by atomic mass is 10.1. The summed E-state index contributed by atoms with van der Waals surface area (Å²) in [4.78, 5) is 36.2. The lowest BCUT2D eigenvalue weighted by molar-refractivity contribution is -0.153. The van der Waals surface area contributed by atoms with Crippen LogP contribution in [0.4, 0.5) is 32.0 Å². The number of benzene rings is 3. The molecule has 1 aliphatic heterocycles. The van der Waals surface area contributed by atoms with Crippen molar-refractivity contribution in [1.82, 2.24) is 19.4 Å². The number of aromatic nitrogens is 2. The van der Waals surface area contributed by atoms with Gasteiger partial charge in [0, 0.05) is 69.9 Å². The molecule has 0 saturated carbocycles. The van der Waals surface area contributed by atoms with Crippen molar-refractivity contribution in [3.05, 3.63) is 113 Å². The molecule has 0 spiro atoms. The zero-order chi connectivity index (χ0) is 38.1. The Labute approximate surface area is 317 Å². The second kappa shape index (κ2) is 16.1. The number of piperazine rings is 1. The van der Waals surface area contributed by atoms with Crippen LogP contribution in [0.2, 0.25) is 0 Å². The summed E-state index contributed by atoms with van der Waals surface area (Å²) >= 11 is 0. The van der Waals surface area contributed by atoms with Gasteiger partial charge in [0.15, 0.2) is 6.61 Å². The molecule has 0 unspecified atom stereocenters. The minimum Gasteiger partial charge on any atom is -0.484 e. The Bertz CT molecular complexity index is 2100. The fourth-order valence-corrected chi connectivity index (χ4v) is 6.21. The number of aryl methyl sites for hydroxylation is 2. The number of anilines is 1. The van der Waals surface area contributed by atoms with Gasteiger partial charge in [0.2, 0.25) is 5.88 Å². The first-order valence-corrected chi connectivity index (χ1v) is 16.6. The molecule has 0 N–H and O–H groups in total. The molecule has 0 atom stereocenters. The molecule has 9 nitrogen and oxygen atoms in total. The Morgan fingerprint density at radius 2 is 1.50 bits per heavy atom. The van der Waals surface area contributed by atoms with Gasteiger partial charge in [0.25, 0.3) is 11.8 Å². The van der Waals surface area contributed by atoms with Gasteiger partial charge in [0.05, 0.1) is 23.0 Å². The highest BCUT2D eigenvalue weighted by Gasteiger charge is 2.31. The fourth-order valence-electron chi connectivity index (χ4n) is 6.21. The number of ether oxygens (including phenoxy) is 2. The first kappa shape index (κ1) is 40.1. The standard InChI is InChI=1S/C38H35F6N5O4.BrH/c1-24-31-14-13-30(53-33-15-10-28(21-45-33)46(2)35(50)26-6-8-27(9-7-26)38(42,43)44)20-32(31)47(3)34(24)36(51)49-18-16-48(17-19-49)22-25-4-11-29(12-5-25)52-23-37(39,40)41;/h4-15,20-21H,16-19,22-23H2,1-3H3;1H. The monoisotopic (exact) mass is 819 g/mol. The Morgan fingerprint density at radius 3 is 2.09 bits per heavy atom. The minimum absolute atomic E-state index is 0. The van der Waals surface area contributed by atoms with Gasteiger partial charge in [-0.3, -0.25) is 14.5 Å². The van der Waals surface area contributed by atoms with E-state index < -0.39 is 30.4 Å². The van der Waals surface area contributed by atoms with Crippen LogP contribution in [0.3, 0.4) is 0 Å². The molecule has 0 radical (unpaired) electrons. The van der Waals surface area contributed by atoms with Gasteiger partial charge in [-0.1, -0.05) is 12.1 Å². The van der Waals surface area contributed by atoms with Gasteiger partial charge in [-0.25, -0.2) is 4.98 Å². The summed E-state index contributed by atoms with van der Waals surface area (Å²) < 4.78 is 88.6. The number of hydrogen-bond donors (Lipinski definition) is 0. The summed E-state index contributed by atoms with van der Waals surface area (Å²) in [7, 11) is 3.31. The third-order valence-corrected chi connectivity index (χ3v) is 9.11. The molecule has 2 aromatic heterocycles. The number of carbonyl (C=O) groups excluding carboxylic acids is 2. The van der Waals surface area contributed by atoms with Crippen LogP contribution in [-0.4, -0.2) is 77.2 Å². The smallest absolute Gasteiger partial charge is 0.422 e. The van der Waals surface area contributed by atoms with Crippen molar-refractivity contribution in [3.8, 4) is 17.4 Å². The van der Waals surface area contributed by atoms with Crippen molar-refractivity contribution in [2.45, 2.75) is 25.8 Å². The molecule has 3 heterocycles. The average molecular weight is 821 g/mol. The van der Waals surface area contributed by atoms with E-state index in [0.717, 1.165) is 46.3 Å². The molecule has 54 heavy (non-hydrogen) atoms. The number of carbonyl (C=O) groups is 2. The lowest BCUT2D eigenvalue weighted by Crippen LogP contribution is -2.48. The number of rotatable bonds is 9. The van der Waals surface area contributed by atoms with Gasteiger partial charge in [0.1, 0.15) is 17.2 Å². The number of alkyl halides is 6. The molecular formula is C38H36BrF6N5O4. The summed E-state index contributed by atoms with van der Waals surface area (Å²) in [5.74, 6) is 0.268. The van der Waals surface area contributed by atoms with Crippen molar-refractivity contribution < 1.29 is 45.4 Å². The predicted molar refractivity (Wildman–Crippen MR) is 196 cm³/mol. The highest BCUT2D eigenvalue weighted by Crippen LogP contribution is 2.32. The Hall–Kier alpha value is -5.09. The summed E-state index contributed by atoms with van der Waals surface area (Å²) in [5, 5.41) is 0.885. The summed E-state index contributed by atoms with van der Waals surface area (Å²) in [6, 6.07) is 19.1. The lowest BCUT2D eigenvalue weighted by Gasteiger charge is -2.35. The fraction of sp³-hybridized carbons (Fsp3) is 0.289. The molecule has 0 bridgehead atoms. The second-order valence-corrected chi connectivity index (χ2v) is 12.7. The highest BCUT2D eigenvalue weighted by molar-refractivity contribution is 8.93. The van der Waals surface area contributed by atoms with Gasteiger partial charge < -0.3 is 23.8 Å².